The van der Waals surface area contributed by atoms with Gasteiger partial charge < -0.3 is 5.11 Å². The van der Waals surface area contributed by atoms with Crippen molar-refractivity contribution >= 4 is 31.7 Å². The fourth-order valence-electron chi connectivity index (χ4n) is 2.31. The number of hydrogen-bond acceptors (Lipinski definition) is 5. The van der Waals surface area contributed by atoms with Crippen molar-refractivity contribution in [2.24, 2.45) is 5.14 Å². The molecular formula is C12H16N2O6S2. The molecule has 2 rings (SSSR count). The van der Waals surface area contributed by atoms with E-state index in [2.05, 4.69) is 0 Å². The van der Waals surface area contributed by atoms with E-state index in [1.165, 1.54) is 12.1 Å². The van der Waals surface area contributed by atoms with Crippen molar-refractivity contribution < 1.29 is 26.7 Å². The predicted octanol–water partition coefficient (Wildman–Crippen LogP) is -0.109. The Hall–Kier alpha value is -1.65. The summed E-state index contributed by atoms with van der Waals surface area (Å²) in [6, 6.07) is 4.13. The molecule has 0 aliphatic carbocycles. The lowest BCUT2D eigenvalue weighted by atomic mass is 10.2. The lowest BCUT2D eigenvalue weighted by Gasteiger charge is -2.19. The standard InChI is InChI=1S/C12H16N2O6S2/c13-22(19,20)10-4-3-9-5-6-14(11(9)8-10)21(17,18)7-1-2-12(15)16/h3-4,8H,1-2,5-7H2,(H,15,16)(H2,13,19,20). The van der Waals surface area contributed by atoms with Gasteiger partial charge in [-0.3, -0.25) is 9.10 Å². The van der Waals surface area contributed by atoms with Crippen LogP contribution >= 0.6 is 0 Å². The number of rotatable bonds is 6. The molecule has 1 aromatic carbocycles. The van der Waals surface area contributed by atoms with Gasteiger partial charge in [0.25, 0.3) is 0 Å². The van der Waals surface area contributed by atoms with Crippen LogP contribution in [0.25, 0.3) is 0 Å². The number of benzene rings is 1. The van der Waals surface area contributed by atoms with E-state index < -0.39 is 26.0 Å². The Morgan fingerprint density at radius 1 is 1.27 bits per heavy atom. The number of fused-ring (bicyclic) bond motifs is 1. The van der Waals surface area contributed by atoms with E-state index in [-0.39, 0.29) is 30.0 Å². The summed E-state index contributed by atoms with van der Waals surface area (Å²) in [5, 5.41) is 13.6. The van der Waals surface area contributed by atoms with E-state index in [1.54, 1.807) is 6.07 Å². The molecule has 0 fully saturated rings. The van der Waals surface area contributed by atoms with Crippen molar-refractivity contribution in [2.75, 3.05) is 16.6 Å². The van der Waals surface area contributed by atoms with Gasteiger partial charge >= 0.3 is 5.97 Å². The summed E-state index contributed by atoms with van der Waals surface area (Å²) in [4.78, 5) is 10.3. The second-order valence-electron chi connectivity index (χ2n) is 4.97. The highest BCUT2D eigenvalue weighted by Gasteiger charge is 2.30. The Morgan fingerprint density at radius 3 is 2.55 bits per heavy atom. The predicted molar refractivity (Wildman–Crippen MR) is 79.5 cm³/mol. The number of carboxylic acids is 1. The van der Waals surface area contributed by atoms with Crippen LogP contribution in [0.1, 0.15) is 18.4 Å². The molecule has 0 spiro atoms. The van der Waals surface area contributed by atoms with Crippen LogP contribution < -0.4 is 9.44 Å². The minimum Gasteiger partial charge on any atom is -0.481 e. The van der Waals surface area contributed by atoms with Crippen molar-refractivity contribution in [1.82, 2.24) is 0 Å². The van der Waals surface area contributed by atoms with Gasteiger partial charge in [-0.2, -0.15) is 0 Å². The maximum absolute atomic E-state index is 12.3. The van der Waals surface area contributed by atoms with Crippen LogP contribution in [-0.2, 0) is 31.3 Å². The van der Waals surface area contributed by atoms with E-state index in [9.17, 15) is 21.6 Å². The summed E-state index contributed by atoms with van der Waals surface area (Å²) in [5.74, 6) is -1.37. The van der Waals surface area contributed by atoms with Crippen LogP contribution in [-0.4, -0.2) is 40.2 Å². The molecule has 1 aliphatic heterocycles. The number of carbonyl (C=O) groups is 1. The molecule has 0 aromatic heterocycles. The van der Waals surface area contributed by atoms with E-state index >= 15 is 0 Å². The highest BCUT2D eigenvalue weighted by molar-refractivity contribution is 7.92. The minimum atomic E-state index is -3.92. The lowest BCUT2D eigenvalue weighted by Crippen LogP contribution is -2.31. The topological polar surface area (TPSA) is 135 Å². The van der Waals surface area contributed by atoms with E-state index in [0.717, 1.165) is 4.31 Å². The number of anilines is 1. The largest absolute Gasteiger partial charge is 0.481 e. The van der Waals surface area contributed by atoms with Crippen LogP contribution in [0, 0.1) is 0 Å². The first-order valence-electron chi connectivity index (χ1n) is 6.49. The van der Waals surface area contributed by atoms with E-state index in [0.29, 0.717) is 17.7 Å². The van der Waals surface area contributed by atoms with Gasteiger partial charge in [-0.15, -0.1) is 0 Å². The fraction of sp³-hybridized carbons (Fsp3) is 0.417. The van der Waals surface area contributed by atoms with Crippen molar-refractivity contribution in [3.63, 3.8) is 0 Å². The number of aliphatic carboxylic acids is 1. The summed E-state index contributed by atoms with van der Waals surface area (Å²) in [5.41, 5.74) is 1.01. The SMILES string of the molecule is NS(=O)(=O)c1ccc2c(c1)N(S(=O)(=O)CCCC(=O)O)CC2. The number of nitrogens with two attached hydrogens (primary N) is 1. The quantitative estimate of drug-likeness (QED) is 0.736. The number of nitrogens with zero attached hydrogens (tertiary/aromatic N) is 1. The van der Waals surface area contributed by atoms with Gasteiger partial charge in [-0.25, -0.2) is 22.0 Å². The second-order valence-corrected chi connectivity index (χ2v) is 8.55. The molecule has 0 saturated carbocycles. The number of primary sulfonamides is 1. The smallest absolute Gasteiger partial charge is 0.303 e. The fourth-order valence-corrected chi connectivity index (χ4v) is 4.41. The molecular weight excluding hydrogens is 332 g/mol. The lowest BCUT2D eigenvalue weighted by molar-refractivity contribution is -0.137. The molecule has 0 saturated heterocycles. The minimum absolute atomic E-state index is 0.00161. The maximum atomic E-state index is 12.3. The Kier molecular flexibility index (Phi) is 4.45. The molecule has 8 nitrogen and oxygen atoms in total. The third kappa shape index (κ3) is 3.57. The average Bonchev–Trinajstić information content (AvgIpc) is 2.80. The zero-order valence-electron chi connectivity index (χ0n) is 11.6. The first-order chi connectivity index (χ1) is 10.1. The highest BCUT2D eigenvalue weighted by Crippen LogP contribution is 2.32. The van der Waals surface area contributed by atoms with Gasteiger partial charge in [-0.05, 0) is 30.5 Å². The van der Waals surface area contributed by atoms with Crippen LogP contribution in [0.4, 0.5) is 5.69 Å². The maximum Gasteiger partial charge on any atom is 0.303 e. The Labute approximate surface area is 128 Å². The second kappa shape index (κ2) is 5.86. The first-order valence-corrected chi connectivity index (χ1v) is 9.65. The molecule has 1 aromatic rings. The van der Waals surface area contributed by atoms with Crippen molar-refractivity contribution in [3.05, 3.63) is 23.8 Å². The van der Waals surface area contributed by atoms with Gasteiger partial charge in [0, 0.05) is 13.0 Å². The summed E-state index contributed by atoms with van der Waals surface area (Å²) >= 11 is 0. The Bertz CT molecular complexity index is 801. The van der Waals surface area contributed by atoms with Gasteiger partial charge in [0.05, 0.1) is 16.3 Å². The summed E-state index contributed by atoms with van der Waals surface area (Å²) in [6.45, 7) is 0.207. The summed E-state index contributed by atoms with van der Waals surface area (Å²) < 4.78 is 48.5. The van der Waals surface area contributed by atoms with Crippen LogP contribution in [0.2, 0.25) is 0 Å². The summed E-state index contributed by atoms with van der Waals surface area (Å²) in [6.07, 6.45) is 0.230. The molecule has 0 radical (unpaired) electrons. The summed E-state index contributed by atoms with van der Waals surface area (Å²) in [7, 11) is -7.62. The molecule has 0 unspecified atom stereocenters. The van der Waals surface area contributed by atoms with E-state index in [4.69, 9.17) is 10.2 Å². The van der Waals surface area contributed by atoms with Crippen molar-refractivity contribution in [3.8, 4) is 0 Å². The molecule has 1 heterocycles. The molecule has 0 bridgehead atoms. The zero-order valence-corrected chi connectivity index (χ0v) is 13.2. The number of sulfonamides is 2. The van der Waals surface area contributed by atoms with Gasteiger partial charge in [0.2, 0.25) is 20.0 Å². The molecule has 122 valence electrons. The third-order valence-corrected chi connectivity index (χ3v) is 6.13. The van der Waals surface area contributed by atoms with Crippen LogP contribution in [0.5, 0.6) is 0 Å². The number of hydrogen-bond donors (Lipinski definition) is 2. The van der Waals surface area contributed by atoms with Crippen molar-refractivity contribution in [2.45, 2.75) is 24.2 Å². The zero-order chi connectivity index (χ0) is 16.5. The monoisotopic (exact) mass is 348 g/mol. The molecule has 3 N–H and O–H groups in total. The van der Waals surface area contributed by atoms with Gasteiger partial charge in [-0.1, -0.05) is 6.07 Å². The van der Waals surface area contributed by atoms with Crippen molar-refractivity contribution in [1.29, 1.82) is 0 Å². The molecule has 1 aliphatic rings. The van der Waals surface area contributed by atoms with E-state index in [1.807, 2.05) is 0 Å². The van der Waals surface area contributed by atoms with Crippen LogP contribution in [0.3, 0.4) is 0 Å². The highest BCUT2D eigenvalue weighted by atomic mass is 32.2. The third-order valence-electron chi connectivity index (χ3n) is 3.37. The molecule has 0 atom stereocenters. The Morgan fingerprint density at radius 2 is 1.95 bits per heavy atom. The van der Waals surface area contributed by atoms with Gasteiger partial charge in [0.1, 0.15) is 0 Å². The molecule has 0 amide bonds. The Balaban J connectivity index is 2.29. The number of carboxylic acid groups (broad SMARTS) is 1. The van der Waals surface area contributed by atoms with Crippen LogP contribution in [0.15, 0.2) is 23.1 Å². The first kappa shape index (κ1) is 16.7. The molecule has 10 heteroatoms. The average molecular weight is 348 g/mol. The molecule has 22 heavy (non-hydrogen) atoms. The normalized spacial score (nSPS) is 14.9. The van der Waals surface area contributed by atoms with Gasteiger partial charge in [0.15, 0.2) is 0 Å².